The second kappa shape index (κ2) is 10.3. The Labute approximate surface area is 221 Å². The normalized spacial score (nSPS) is 12.8. The minimum atomic E-state index is -0.0434. The van der Waals surface area contributed by atoms with Gasteiger partial charge >= 0.3 is 0 Å². The molecule has 0 saturated heterocycles. The third kappa shape index (κ3) is 4.55. The minimum absolute atomic E-state index is 0.0434. The number of aliphatic hydroxyl groups excluding tert-OH is 1. The van der Waals surface area contributed by atoms with Crippen molar-refractivity contribution < 1.29 is 5.11 Å². The van der Waals surface area contributed by atoms with Crippen LogP contribution in [-0.2, 0) is 6.54 Å². The summed E-state index contributed by atoms with van der Waals surface area (Å²) >= 11 is 0. The molecule has 5 rings (SSSR count). The van der Waals surface area contributed by atoms with E-state index in [0.717, 1.165) is 39.3 Å². The Hall–Kier alpha value is -4.76. The number of nitrogens with two attached hydrogens (primary N) is 1. The van der Waals surface area contributed by atoms with Crippen LogP contribution >= 0.6 is 0 Å². The number of nitrogens with one attached hydrogen (secondary N) is 2. The molecule has 38 heavy (non-hydrogen) atoms. The van der Waals surface area contributed by atoms with Crippen LogP contribution in [0.3, 0.4) is 0 Å². The third-order valence-electron chi connectivity index (χ3n) is 6.64. The Balaban J connectivity index is 1.51. The summed E-state index contributed by atoms with van der Waals surface area (Å²) in [5.41, 5.74) is 14.8. The zero-order valence-corrected chi connectivity index (χ0v) is 21.4. The van der Waals surface area contributed by atoms with Gasteiger partial charge in [0, 0.05) is 34.4 Å². The first-order chi connectivity index (χ1) is 18.4. The van der Waals surface area contributed by atoms with Gasteiger partial charge in [0.05, 0.1) is 37.2 Å². The molecule has 0 atom stereocenters. The van der Waals surface area contributed by atoms with Gasteiger partial charge in [0.15, 0.2) is 0 Å². The number of nitrogen functional groups attached to an aromatic ring is 1. The van der Waals surface area contributed by atoms with Gasteiger partial charge in [-0.05, 0) is 42.7 Å². The second-order valence-electron chi connectivity index (χ2n) is 9.17. The molecule has 192 valence electrons. The summed E-state index contributed by atoms with van der Waals surface area (Å²) in [7, 11) is 0. The monoisotopic (exact) mass is 506 g/mol. The number of hydrogen-bond acceptors (Lipinski definition) is 8. The zero-order valence-electron chi connectivity index (χ0n) is 21.4. The predicted octanol–water partition coefficient (Wildman–Crippen LogP) is 4.22. The third-order valence-corrected chi connectivity index (χ3v) is 6.64. The molecule has 2 aromatic heterocycles. The fraction of sp³-hybridized carbons (Fsp3) is 0.172. The standard InChI is InChI=1S/C29H30N8O/c1-18-7-4-5-10-24(18)37-20(3)25-19(2)8-6-9-21(25)13-23(37)15-32-29-26(28(31)33-17-34-29)27(30)22-14-35-36(16-22)11-12-38/h4-10,13-14,16-17,30,38H,3,11-12,15H2,1-2H3,(H3,31,32,33,34). The van der Waals surface area contributed by atoms with Crippen LogP contribution in [0.15, 0.2) is 73.5 Å². The fourth-order valence-electron chi connectivity index (χ4n) is 4.79. The predicted molar refractivity (Wildman–Crippen MR) is 152 cm³/mol. The fourth-order valence-corrected chi connectivity index (χ4v) is 4.79. The van der Waals surface area contributed by atoms with Gasteiger partial charge in [-0.15, -0.1) is 0 Å². The first-order valence-corrected chi connectivity index (χ1v) is 12.3. The molecule has 9 nitrogen and oxygen atoms in total. The molecule has 0 unspecified atom stereocenters. The summed E-state index contributed by atoms with van der Waals surface area (Å²) in [5, 5.41) is 25.6. The van der Waals surface area contributed by atoms with Crippen molar-refractivity contribution >= 4 is 34.8 Å². The number of benzene rings is 2. The van der Waals surface area contributed by atoms with Crippen LogP contribution in [0.5, 0.6) is 0 Å². The Morgan fingerprint density at radius 3 is 2.68 bits per heavy atom. The van der Waals surface area contributed by atoms with E-state index >= 15 is 0 Å². The van der Waals surface area contributed by atoms with E-state index in [4.69, 9.17) is 11.1 Å². The molecule has 2 aromatic carbocycles. The number of para-hydroxylation sites is 1. The summed E-state index contributed by atoms with van der Waals surface area (Å²) in [6, 6.07) is 14.5. The topological polar surface area (TPSA) is 129 Å². The van der Waals surface area contributed by atoms with Crippen LogP contribution in [0.1, 0.15) is 33.4 Å². The maximum atomic E-state index is 9.20. The van der Waals surface area contributed by atoms with Gasteiger partial charge in [-0.25, -0.2) is 9.97 Å². The molecule has 9 heteroatoms. The van der Waals surface area contributed by atoms with Gasteiger partial charge in [-0.1, -0.05) is 43.0 Å². The largest absolute Gasteiger partial charge is 0.394 e. The first kappa shape index (κ1) is 24.9. The number of aromatic nitrogens is 4. The van der Waals surface area contributed by atoms with Crippen molar-refractivity contribution in [2.24, 2.45) is 0 Å². The number of nitrogens with zero attached hydrogens (tertiary/aromatic N) is 5. The highest BCUT2D eigenvalue weighted by molar-refractivity contribution is 6.16. The highest BCUT2D eigenvalue weighted by Crippen LogP contribution is 2.39. The smallest absolute Gasteiger partial charge is 0.141 e. The van der Waals surface area contributed by atoms with Crippen LogP contribution < -0.4 is 16.0 Å². The van der Waals surface area contributed by atoms with Crippen LogP contribution in [0, 0.1) is 19.3 Å². The highest BCUT2D eigenvalue weighted by atomic mass is 16.3. The van der Waals surface area contributed by atoms with E-state index in [2.05, 4.69) is 76.1 Å². The lowest BCUT2D eigenvalue weighted by Gasteiger charge is -2.35. The number of anilines is 3. The Morgan fingerprint density at radius 2 is 1.89 bits per heavy atom. The van der Waals surface area contributed by atoms with E-state index in [1.807, 2.05) is 18.2 Å². The lowest BCUT2D eigenvalue weighted by atomic mass is 9.93. The summed E-state index contributed by atoms with van der Waals surface area (Å²) in [4.78, 5) is 10.7. The van der Waals surface area contributed by atoms with Crippen molar-refractivity contribution in [1.29, 1.82) is 5.41 Å². The summed E-state index contributed by atoms with van der Waals surface area (Å²) < 4.78 is 1.58. The first-order valence-electron chi connectivity index (χ1n) is 12.3. The van der Waals surface area contributed by atoms with Gasteiger partial charge in [0.1, 0.15) is 18.0 Å². The van der Waals surface area contributed by atoms with Crippen LogP contribution in [0.4, 0.5) is 17.3 Å². The van der Waals surface area contributed by atoms with Gasteiger partial charge in [0.25, 0.3) is 0 Å². The molecule has 5 N–H and O–H groups in total. The van der Waals surface area contributed by atoms with Crippen molar-refractivity contribution in [2.45, 2.75) is 20.4 Å². The lowest BCUT2D eigenvalue weighted by Crippen LogP contribution is -2.29. The molecule has 0 aliphatic carbocycles. The Morgan fingerprint density at radius 1 is 1.11 bits per heavy atom. The van der Waals surface area contributed by atoms with Crippen molar-refractivity contribution in [3.8, 4) is 0 Å². The van der Waals surface area contributed by atoms with Crippen molar-refractivity contribution in [3.05, 3.63) is 107 Å². The number of aryl methyl sites for hydroxylation is 2. The molecule has 1 aliphatic rings. The molecular weight excluding hydrogens is 476 g/mol. The summed E-state index contributed by atoms with van der Waals surface area (Å²) in [6.45, 7) is 9.37. The van der Waals surface area contributed by atoms with Gasteiger partial charge in [-0.2, -0.15) is 5.10 Å². The molecule has 1 aliphatic heterocycles. The highest BCUT2D eigenvalue weighted by Gasteiger charge is 2.26. The van der Waals surface area contributed by atoms with E-state index in [1.165, 1.54) is 6.33 Å². The summed E-state index contributed by atoms with van der Waals surface area (Å²) in [5.74, 6) is 0.643. The van der Waals surface area contributed by atoms with Crippen LogP contribution in [-0.4, -0.2) is 43.7 Å². The van der Waals surface area contributed by atoms with E-state index in [9.17, 15) is 5.11 Å². The lowest BCUT2D eigenvalue weighted by molar-refractivity contribution is 0.269. The van der Waals surface area contributed by atoms with Crippen LogP contribution in [0.2, 0.25) is 0 Å². The maximum absolute atomic E-state index is 9.20. The average Bonchev–Trinajstić information content (AvgIpc) is 3.37. The quantitative estimate of drug-likeness (QED) is 0.263. The van der Waals surface area contributed by atoms with Gasteiger partial charge < -0.3 is 21.1 Å². The van der Waals surface area contributed by atoms with E-state index < -0.39 is 0 Å². The molecule has 4 aromatic rings. The number of fused-ring (bicyclic) bond motifs is 1. The Kier molecular flexibility index (Phi) is 6.76. The van der Waals surface area contributed by atoms with Crippen molar-refractivity contribution in [1.82, 2.24) is 19.7 Å². The van der Waals surface area contributed by atoms with Crippen LogP contribution in [0.25, 0.3) is 11.8 Å². The SMILES string of the molecule is C=C1c2c(C)cccc2C=C(CNc2ncnc(N)c2C(=N)c2cnn(CCO)c2)N1c1ccccc1C. The molecule has 0 fully saturated rings. The molecule has 3 heterocycles. The molecular formula is C29H30N8O. The number of aliphatic hydroxyl groups is 1. The van der Waals surface area contributed by atoms with Crippen molar-refractivity contribution in [3.63, 3.8) is 0 Å². The average molecular weight is 507 g/mol. The van der Waals surface area contributed by atoms with Gasteiger partial charge in [-0.3, -0.25) is 10.1 Å². The van der Waals surface area contributed by atoms with E-state index in [1.54, 1.807) is 17.1 Å². The second-order valence-corrected chi connectivity index (χ2v) is 9.17. The maximum Gasteiger partial charge on any atom is 0.141 e. The zero-order chi connectivity index (χ0) is 26.8. The minimum Gasteiger partial charge on any atom is -0.394 e. The molecule has 0 bridgehead atoms. The molecule has 0 amide bonds. The van der Waals surface area contributed by atoms with E-state index in [-0.39, 0.29) is 18.1 Å². The number of hydrogen-bond donors (Lipinski definition) is 4. The molecule has 0 saturated carbocycles. The van der Waals surface area contributed by atoms with Crippen molar-refractivity contribution in [2.75, 3.05) is 29.1 Å². The summed E-state index contributed by atoms with van der Waals surface area (Å²) in [6.07, 6.45) is 6.81. The molecule has 0 radical (unpaired) electrons. The van der Waals surface area contributed by atoms with Gasteiger partial charge in [0.2, 0.25) is 0 Å². The molecule has 0 spiro atoms. The Bertz CT molecular complexity index is 1570. The number of rotatable bonds is 8. The van der Waals surface area contributed by atoms with E-state index in [0.29, 0.717) is 30.0 Å².